The lowest BCUT2D eigenvalue weighted by Crippen LogP contribution is -2.42. The van der Waals surface area contributed by atoms with Crippen LogP contribution in [0.1, 0.15) is 56.8 Å². The van der Waals surface area contributed by atoms with Gasteiger partial charge in [0.1, 0.15) is 16.8 Å². The fourth-order valence-corrected chi connectivity index (χ4v) is 6.07. The molecule has 1 aromatic carbocycles. The standard InChI is InChI=1S/C28H30N2O5S/c1-16(2)30(26(31)18-11-9-17(3)10-12-18)27-20(28(32)33-4)14-24(36-27)19-13-23(34-15-19)25-29-21-7-5-6-8-22(21)35-25/h5-8,13-18H,9-12H2,1-4H3/t17-,18-. The summed E-state index contributed by atoms with van der Waals surface area (Å²) in [4.78, 5) is 33.5. The predicted molar refractivity (Wildman–Crippen MR) is 140 cm³/mol. The Morgan fingerprint density at radius 1 is 1.14 bits per heavy atom. The maximum atomic E-state index is 13.7. The Labute approximate surface area is 214 Å². The van der Waals surface area contributed by atoms with E-state index in [9.17, 15) is 9.59 Å². The summed E-state index contributed by atoms with van der Waals surface area (Å²) in [6.45, 7) is 6.20. The van der Waals surface area contributed by atoms with Gasteiger partial charge in [-0.1, -0.05) is 19.1 Å². The van der Waals surface area contributed by atoms with E-state index in [4.69, 9.17) is 13.6 Å². The minimum Gasteiger partial charge on any atom is -0.465 e. The molecule has 1 aliphatic rings. The number of esters is 1. The van der Waals surface area contributed by atoms with Crippen molar-refractivity contribution in [3.63, 3.8) is 0 Å². The summed E-state index contributed by atoms with van der Waals surface area (Å²) in [6.07, 6.45) is 5.48. The summed E-state index contributed by atoms with van der Waals surface area (Å²) in [6, 6.07) is 11.0. The van der Waals surface area contributed by atoms with Gasteiger partial charge in [-0.3, -0.25) is 4.79 Å². The normalized spacial score (nSPS) is 18.0. The van der Waals surface area contributed by atoms with Crippen molar-refractivity contribution in [2.24, 2.45) is 11.8 Å². The number of fused-ring (bicyclic) bond motifs is 1. The molecular weight excluding hydrogens is 476 g/mol. The third-order valence-corrected chi connectivity index (χ3v) is 8.03. The van der Waals surface area contributed by atoms with Crippen LogP contribution in [0.3, 0.4) is 0 Å². The Kier molecular flexibility index (Phi) is 6.71. The number of methoxy groups -OCH3 is 1. The van der Waals surface area contributed by atoms with Crippen molar-refractivity contribution < 1.29 is 23.2 Å². The lowest BCUT2D eigenvalue weighted by molar-refractivity contribution is -0.123. The van der Waals surface area contributed by atoms with Gasteiger partial charge in [-0.25, -0.2) is 9.78 Å². The van der Waals surface area contributed by atoms with E-state index in [1.165, 1.54) is 18.4 Å². The summed E-state index contributed by atoms with van der Waals surface area (Å²) in [7, 11) is 1.36. The number of hydrogen-bond donors (Lipinski definition) is 0. The van der Waals surface area contributed by atoms with Crippen LogP contribution < -0.4 is 4.90 Å². The highest BCUT2D eigenvalue weighted by Crippen LogP contribution is 2.42. The molecule has 1 fully saturated rings. The third-order valence-electron chi connectivity index (χ3n) is 6.84. The van der Waals surface area contributed by atoms with Crippen molar-refractivity contribution >= 4 is 39.3 Å². The van der Waals surface area contributed by atoms with Gasteiger partial charge < -0.3 is 18.5 Å². The van der Waals surface area contributed by atoms with Crippen molar-refractivity contribution in [3.8, 4) is 22.1 Å². The second kappa shape index (κ2) is 9.93. The SMILES string of the molecule is COC(=O)c1cc(-c2coc(-c3nc4ccccc4o3)c2)sc1N(C(=O)[C@H]1CC[C@H](C)CC1)C(C)C. The molecule has 5 rings (SSSR count). The number of oxazole rings is 1. The van der Waals surface area contributed by atoms with E-state index < -0.39 is 5.97 Å². The largest absolute Gasteiger partial charge is 0.465 e. The summed E-state index contributed by atoms with van der Waals surface area (Å²) >= 11 is 1.39. The number of aromatic nitrogens is 1. The van der Waals surface area contributed by atoms with E-state index in [1.54, 1.807) is 17.2 Å². The fraction of sp³-hybridized carbons (Fsp3) is 0.393. The smallest absolute Gasteiger partial charge is 0.340 e. The van der Waals surface area contributed by atoms with E-state index in [0.29, 0.717) is 33.7 Å². The first-order chi connectivity index (χ1) is 17.4. The fourth-order valence-electron chi connectivity index (χ4n) is 4.81. The monoisotopic (exact) mass is 506 g/mol. The number of nitrogens with zero attached hydrogens (tertiary/aromatic N) is 2. The van der Waals surface area contributed by atoms with Gasteiger partial charge in [-0.15, -0.1) is 11.3 Å². The van der Waals surface area contributed by atoms with Crippen LogP contribution in [-0.4, -0.2) is 30.0 Å². The Morgan fingerprint density at radius 2 is 1.89 bits per heavy atom. The van der Waals surface area contributed by atoms with Crippen molar-refractivity contribution in [1.82, 2.24) is 4.98 Å². The van der Waals surface area contributed by atoms with Crippen LogP contribution in [0.5, 0.6) is 0 Å². The highest BCUT2D eigenvalue weighted by Gasteiger charge is 2.34. The van der Waals surface area contributed by atoms with Gasteiger partial charge >= 0.3 is 5.97 Å². The molecule has 0 unspecified atom stereocenters. The molecule has 1 saturated carbocycles. The highest BCUT2D eigenvalue weighted by atomic mass is 32.1. The predicted octanol–water partition coefficient (Wildman–Crippen LogP) is 7.17. The molecule has 0 bridgehead atoms. The number of carbonyl (C=O) groups is 2. The van der Waals surface area contributed by atoms with Crippen LogP contribution in [0, 0.1) is 11.8 Å². The number of rotatable bonds is 6. The van der Waals surface area contributed by atoms with Gasteiger partial charge in [0, 0.05) is 22.4 Å². The minimum atomic E-state index is -0.467. The molecular formula is C28H30N2O5S. The zero-order chi connectivity index (χ0) is 25.4. The number of ether oxygens (including phenoxy) is 1. The van der Waals surface area contributed by atoms with E-state index in [-0.39, 0.29) is 17.9 Å². The van der Waals surface area contributed by atoms with Crippen LogP contribution in [0.4, 0.5) is 5.00 Å². The molecule has 3 heterocycles. The first-order valence-corrected chi connectivity index (χ1v) is 13.2. The molecule has 8 heteroatoms. The topological polar surface area (TPSA) is 85.8 Å². The van der Waals surface area contributed by atoms with Crippen molar-refractivity contribution in [1.29, 1.82) is 0 Å². The number of amides is 1. The molecule has 0 spiro atoms. The molecule has 4 aromatic rings. The highest BCUT2D eigenvalue weighted by molar-refractivity contribution is 7.20. The van der Waals surface area contributed by atoms with E-state index in [1.807, 2.05) is 44.2 Å². The quantitative estimate of drug-likeness (QED) is 0.258. The van der Waals surface area contributed by atoms with Crippen LogP contribution >= 0.6 is 11.3 Å². The molecule has 1 amide bonds. The van der Waals surface area contributed by atoms with Crippen LogP contribution in [0.25, 0.3) is 33.2 Å². The molecule has 0 N–H and O–H groups in total. The number of para-hydroxylation sites is 2. The molecule has 36 heavy (non-hydrogen) atoms. The second-order valence-electron chi connectivity index (χ2n) is 9.77. The Balaban J connectivity index is 1.50. The Morgan fingerprint density at radius 3 is 2.58 bits per heavy atom. The van der Waals surface area contributed by atoms with E-state index >= 15 is 0 Å². The summed E-state index contributed by atoms with van der Waals surface area (Å²) in [5.41, 5.74) is 2.59. The zero-order valence-corrected chi connectivity index (χ0v) is 21.8. The average molecular weight is 507 g/mol. The van der Waals surface area contributed by atoms with Crippen LogP contribution in [0.2, 0.25) is 0 Å². The first-order valence-electron chi connectivity index (χ1n) is 12.4. The summed E-state index contributed by atoms with van der Waals surface area (Å²) in [5.74, 6) is 1.11. The molecule has 3 aromatic heterocycles. The summed E-state index contributed by atoms with van der Waals surface area (Å²) in [5, 5.41) is 0.611. The van der Waals surface area contributed by atoms with E-state index in [0.717, 1.165) is 41.6 Å². The number of furan rings is 1. The number of benzene rings is 1. The maximum absolute atomic E-state index is 13.7. The molecule has 1 aliphatic carbocycles. The molecule has 0 aliphatic heterocycles. The van der Waals surface area contributed by atoms with Crippen LogP contribution in [-0.2, 0) is 9.53 Å². The summed E-state index contributed by atoms with van der Waals surface area (Å²) < 4.78 is 16.7. The van der Waals surface area contributed by atoms with Gasteiger partial charge in [0.2, 0.25) is 5.91 Å². The Hall–Kier alpha value is -3.39. The number of anilines is 1. The lowest BCUT2D eigenvalue weighted by atomic mass is 9.82. The van der Waals surface area contributed by atoms with Gasteiger partial charge in [-0.05, 0) is 69.7 Å². The van der Waals surface area contributed by atoms with Gasteiger partial charge in [0.15, 0.2) is 11.3 Å². The minimum absolute atomic E-state index is 0.0284. The molecule has 7 nitrogen and oxygen atoms in total. The van der Waals surface area contributed by atoms with Gasteiger partial charge in [0.25, 0.3) is 5.89 Å². The van der Waals surface area contributed by atoms with Gasteiger partial charge in [-0.2, -0.15) is 0 Å². The van der Waals surface area contributed by atoms with Crippen molar-refractivity contribution in [3.05, 3.63) is 48.2 Å². The lowest BCUT2D eigenvalue weighted by Gasteiger charge is -2.33. The maximum Gasteiger partial charge on any atom is 0.340 e. The average Bonchev–Trinajstić information content (AvgIpc) is 3.61. The molecule has 0 radical (unpaired) electrons. The molecule has 188 valence electrons. The van der Waals surface area contributed by atoms with Crippen LogP contribution in [0.15, 0.2) is 51.5 Å². The van der Waals surface area contributed by atoms with Gasteiger partial charge in [0.05, 0.1) is 12.7 Å². The Bertz CT molecular complexity index is 1360. The zero-order valence-electron chi connectivity index (χ0n) is 20.9. The number of thiophene rings is 1. The van der Waals surface area contributed by atoms with Crippen molar-refractivity contribution in [2.45, 2.75) is 52.5 Å². The molecule has 0 saturated heterocycles. The molecule has 0 atom stereocenters. The van der Waals surface area contributed by atoms with E-state index in [2.05, 4.69) is 11.9 Å². The number of hydrogen-bond acceptors (Lipinski definition) is 7. The number of carbonyl (C=O) groups excluding carboxylic acids is 2. The first kappa shape index (κ1) is 24.3. The van der Waals surface area contributed by atoms with Crippen molar-refractivity contribution in [2.75, 3.05) is 12.0 Å². The third kappa shape index (κ3) is 4.57. The second-order valence-corrected chi connectivity index (χ2v) is 10.8.